The fraction of sp³-hybridized carbons (Fsp3) is 0.433. The number of amides is 4. The second kappa shape index (κ2) is 49.3. The highest BCUT2D eigenvalue weighted by atomic mass is 35.5. The van der Waals surface area contributed by atoms with Gasteiger partial charge in [0.25, 0.3) is 0 Å². The molecule has 10 rings (SSSR count). The maximum Gasteiger partial charge on any atom is 0.408 e. The molecule has 5 atom stereocenters. The predicted molar refractivity (Wildman–Crippen MR) is 516 cm³/mol. The molecule has 0 aliphatic rings. The monoisotopic (exact) mass is 1980 g/mol. The molecule has 0 fully saturated rings. The highest BCUT2D eigenvalue weighted by molar-refractivity contribution is 6.30. The van der Waals surface area contributed by atoms with Crippen molar-refractivity contribution in [2.75, 3.05) is 12.5 Å². The molecular formula is C104H130ClF10N11O14. The summed E-state index contributed by atoms with van der Waals surface area (Å²) in [6, 6.07) is 31.1. The number of carbonyl (C=O) groups excluding carboxylic acids is 7. The molecule has 0 aliphatic carbocycles. The Labute approximate surface area is 816 Å². The van der Waals surface area contributed by atoms with Crippen molar-refractivity contribution in [3.63, 3.8) is 0 Å². The lowest BCUT2D eigenvalue weighted by Gasteiger charge is -2.32. The molecule has 4 amide bonds. The number of hydrogen-bond acceptors (Lipinski definition) is 17. The molecule has 0 spiro atoms. The van der Waals surface area contributed by atoms with E-state index in [0.29, 0.717) is 42.0 Å². The van der Waals surface area contributed by atoms with Crippen LogP contribution in [-0.2, 0) is 46.4 Å². The smallest absolute Gasteiger partial charge is 0.408 e. The van der Waals surface area contributed by atoms with Crippen LogP contribution in [0.4, 0.5) is 63.1 Å². The summed E-state index contributed by atoms with van der Waals surface area (Å²) in [5, 5.41) is 19.5. The zero-order valence-corrected chi connectivity index (χ0v) is 84.9. The van der Waals surface area contributed by atoms with E-state index in [2.05, 4.69) is 41.2 Å². The number of benzene rings is 7. The minimum Gasteiger partial charge on any atom is -0.480 e. The lowest BCUT2D eigenvalue weighted by atomic mass is 9.86. The Hall–Kier alpha value is -12.9. The summed E-state index contributed by atoms with van der Waals surface area (Å²) < 4.78 is 165. The number of halogens is 11. The number of ether oxygens (including phenoxy) is 5. The molecule has 8 N–H and O–H groups in total. The average molecular weight is 1980 g/mol. The number of rotatable bonds is 21. The lowest BCUT2D eigenvalue weighted by molar-refractivity contribution is -0.148. The quantitative estimate of drug-likeness (QED) is 0.0115. The molecule has 25 nitrogen and oxygen atoms in total. The van der Waals surface area contributed by atoms with E-state index in [1.54, 1.807) is 137 Å². The van der Waals surface area contributed by atoms with Crippen LogP contribution in [-0.4, -0.2) is 129 Å². The van der Waals surface area contributed by atoms with Gasteiger partial charge in [-0.25, -0.2) is 87.6 Å². The molecule has 762 valence electrons. The summed E-state index contributed by atoms with van der Waals surface area (Å²) in [4.78, 5) is 111. The topological polar surface area (TPSA) is 341 Å². The summed E-state index contributed by atoms with van der Waals surface area (Å²) in [6.07, 6.45) is 2.17. The summed E-state index contributed by atoms with van der Waals surface area (Å²) >= 11 is 5.17. The normalized spacial score (nSPS) is 12.9. The van der Waals surface area contributed by atoms with Crippen molar-refractivity contribution in [3.8, 4) is 33.8 Å². The number of aromatic nitrogens is 6. The first-order chi connectivity index (χ1) is 64.2. The van der Waals surface area contributed by atoms with E-state index in [4.69, 9.17) is 46.1 Å². The van der Waals surface area contributed by atoms with E-state index in [0.717, 1.165) is 102 Å². The van der Waals surface area contributed by atoms with Crippen LogP contribution in [0.5, 0.6) is 0 Å². The Morgan fingerprint density at radius 2 is 0.729 bits per heavy atom. The summed E-state index contributed by atoms with van der Waals surface area (Å²) in [7, 11) is 0. The maximum absolute atomic E-state index is 14.5. The van der Waals surface area contributed by atoms with Gasteiger partial charge >= 0.3 is 36.3 Å². The van der Waals surface area contributed by atoms with Gasteiger partial charge in [-0.1, -0.05) is 165 Å². The maximum atomic E-state index is 14.5. The Balaban J connectivity index is 0.000000303. The van der Waals surface area contributed by atoms with Crippen molar-refractivity contribution in [1.29, 1.82) is 0 Å². The number of carbonyl (C=O) groups is 8. The molecule has 0 bridgehead atoms. The molecule has 0 unspecified atom stereocenters. The third kappa shape index (κ3) is 39.0. The number of nitrogens with zero attached hydrogens (tertiary/aromatic N) is 5. The molecule has 36 heteroatoms. The number of hydrogen-bond donors (Lipinski definition) is 7. The fourth-order valence-electron chi connectivity index (χ4n) is 12.6. The Morgan fingerprint density at radius 1 is 0.400 bits per heavy atom. The molecule has 10 aromatic rings. The van der Waals surface area contributed by atoms with Gasteiger partial charge in [0.2, 0.25) is 5.78 Å². The van der Waals surface area contributed by atoms with Crippen LogP contribution in [0, 0.1) is 85.2 Å². The van der Waals surface area contributed by atoms with E-state index in [1.807, 2.05) is 132 Å². The second-order valence-corrected chi connectivity index (χ2v) is 42.3. The summed E-state index contributed by atoms with van der Waals surface area (Å²) in [5.41, 5.74) is 3.90. The van der Waals surface area contributed by atoms with E-state index in [9.17, 15) is 82.3 Å². The molecule has 0 saturated heterocycles. The largest absolute Gasteiger partial charge is 0.480 e. The minimum absolute atomic E-state index is 0.0630. The number of nitrogens with two attached hydrogens (primary N) is 1. The Kier molecular flexibility index (Phi) is 41.4. The van der Waals surface area contributed by atoms with Gasteiger partial charge in [-0.2, -0.15) is 0 Å². The van der Waals surface area contributed by atoms with Crippen molar-refractivity contribution >= 4 is 59.5 Å². The number of esters is 1. The van der Waals surface area contributed by atoms with Gasteiger partial charge in [0.1, 0.15) is 110 Å². The van der Waals surface area contributed by atoms with Gasteiger partial charge in [0, 0.05) is 42.2 Å². The highest BCUT2D eigenvalue weighted by Gasteiger charge is 2.40. The van der Waals surface area contributed by atoms with E-state index < -0.39 is 186 Å². The predicted octanol–water partition coefficient (Wildman–Crippen LogP) is 24.4. The second-order valence-electron chi connectivity index (χ2n) is 42.0. The standard InChI is InChI=1S/C26H31F2N3O2.C21H23F2N3.C19H25F2N3O2.C19H25F2NO5.C11H21NO4.C8H5ClF2O/c1-25(2,3)22(30-24(32)33-26(4,5)6)23-29-21(19-14-18(27)12-13-20(19)28)16-31(23)15-17-10-8-7-9-11-17;1-21(2,3)19(24)20-25-18(16-11-15(22)9-10-17(16)23)13-26(20)12-14-7-5-4-6-8-14;1-18(2,3)15(24-17(25)26-19(4,5)6)16-22-10-14(23-16)12-9-11(20)7-8-13(12)21;1-18(2,3)15(22-17(25)27-19(4,5)6)16(24)26-10-14(23)12-9-11(20)7-8-13(12)21;1-10(2,3)7(8(13)14)12-9(15)16-11(4,5)6;9-4-8(12)6-3-5(10)1-2-7(6)11/h7-14,16,22H,15H2,1-6H3,(H,30,32);4-11,13,19H,12,24H2,1-3H3;7-10,15H,1-6H3,(H,22,23)(H,24,25);7-9,15H,10H2,1-6H3,(H,22,25);7H,1-6H3,(H,12,15)(H,13,14);1-3H,4H2/t22-;19-;2*15-;7-;/m00000./s1. The lowest BCUT2D eigenvalue weighted by Crippen LogP contribution is -2.51. The van der Waals surface area contributed by atoms with Gasteiger partial charge in [-0.15, -0.1) is 11.6 Å². The number of ketones is 2. The van der Waals surface area contributed by atoms with E-state index >= 15 is 0 Å². The minimum atomic E-state index is -1.11. The first-order valence-corrected chi connectivity index (χ1v) is 45.1. The number of aromatic amines is 1. The molecule has 0 aliphatic heterocycles. The van der Waals surface area contributed by atoms with Crippen LogP contribution in [0.25, 0.3) is 33.8 Å². The first-order valence-electron chi connectivity index (χ1n) is 44.5. The Morgan fingerprint density at radius 3 is 1.09 bits per heavy atom. The van der Waals surface area contributed by atoms with Crippen molar-refractivity contribution in [3.05, 3.63) is 268 Å². The number of carboxylic acid groups (broad SMARTS) is 1. The average Bonchev–Trinajstić information content (AvgIpc) is 1.65. The third-order valence-corrected chi connectivity index (χ3v) is 19.7. The fourth-order valence-corrected chi connectivity index (χ4v) is 12.8. The zero-order valence-electron chi connectivity index (χ0n) is 84.1. The number of alkyl halides is 1. The van der Waals surface area contributed by atoms with E-state index in [1.165, 1.54) is 6.20 Å². The van der Waals surface area contributed by atoms with Gasteiger partial charge in [-0.05, 0) is 212 Å². The molecule has 140 heavy (non-hydrogen) atoms. The van der Waals surface area contributed by atoms with Crippen LogP contribution >= 0.6 is 11.6 Å². The van der Waals surface area contributed by atoms with Crippen molar-refractivity contribution < 1.29 is 111 Å². The van der Waals surface area contributed by atoms with Crippen molar-refractivity contribution in [1.82, 2.24) is 50.3 Å². The molecule has 7 aromatic carbocycles. The van der Waals surface area contributed by atoms with Gasteiger partial charge < -0.3 is 69.9 Å². The number of H-pyrrole nitrogens is 1. The summed E-state index contributed by atoms with van der Waals surface area (Å²) in [5.74, 6) is -8.55. The van der Waals surface area contributed by atoms with Crippen LogP contribution in [0.15, 0.2) is 170 Å². The number of aliphatic carboxylic acids is 1. The molecular weight excluding hydrogens is 1850 g/mol. The number of carboxylic acids is 1. The first kappa shape index (κ1) is 118. The molecule has 0 radical (unpaired) electrons. The molecule has 3 heterocycles. The molecule has 0 saturated carbocycles. The van der Waals surface area contributed by atoms with Gasteiger partial charge in [0.05, 0.1) is 58.4 Å². The summed E-state index contributed by atoms with van der Waals surface area (Å²) in [6.45, 7) is 49.2. The highest BCUT2D eigenvalue weighted by Crippen LogP contribution is 2.39. The van der Waals surface area contributed by atoms with E-state index in [-0.39, 0.29) is 45.3 Å². The number of imidazole rings is 3. The van der Waals surface area contributed by atoms with Crippen LogP contribution in [0.1, 0.15) is 254 Å². The Bertz CT molecular complexity index is 5870. The number of Topliss-reactive ketones (excluding diaryl/α,β-unsaturated/α-hetero) is 2. The SMILES string of the molecule is CC(C)(C)OC(=O)N[C@@H](C(=O)O)C(C)(C)C.CC(C)(C)OC(=O)N[C@@H](C(=O)OCC(=O)c1cc(F)ccc1F)C(C)(C)C.CC(C)(C)OC(=O)N[C@@H](c1nc(-c2cc(F)ccc2F)cn1Cc1ccccc1)C(C)(C)C.CC(C)(C)OC(=O)N[C@@H](c1ncc(-c2cc(F)ccc2F)[nH]1)C(C)(C)C.CC(C)(C)[C@@H](N)c1nc(-c2cc(F)ccc2F)cn1Cc1ccccc1.O=C(CCl)c1cc(F)ccc1F. The van der Waals surface area contributed by atoms with Gasteiger partial charge in [-0.3, -0.25) is 9.59 Å². The molecule has 3 aromatic heterocycles. The van der Waals surface area contributed by atoms with Gasteiger partial charge in [0.15, 0.2) is 12.4 Å². The third-order valence-electron chi connectivity index (χ3n) is 19.5. The zero-order chi connectivity index (χ0) is 106. The van der Waals surface area contributed by atoms with Crippen molar-refractivity contribution in [2.45, 2.75) is 253 Å². The van der Waals surface area contributed by atoms with Crippen LogP contribution < -0.4 is 27.0 Å². The number of alkyl carbamates (subject to hydrolysis) is 4. The van der Waals surface area contributed by atoms with Crippen molar-refractivity contribution in [2.24, 2.45) is 32.8 Å². The van der Waals surface area contributed by atoms with Crippen LogP contribution in [0.3, 0.4) is 0 Å². The number of nitrogens with one attached hydrogen (secondary N) is 5. The van der Waals surface area contributed by atoms with Crippen LogP contribution in [0.2, 0.25) is 0 Å².